The molecular weight excluding hydrogens is 138 g/mol. The van der Waals surface area contributed by atoms with E-state index in [1.54, 1.807) is 0 Å². The van der Waals surface area contributed by atoms with Gasteiger partial charge in [0.2, 0.25) is 0 Å². The molecule has 0 radical (unpaired) electrons. The van der Waals surface area contributed by atoms with Crippen molar-refractivity contribution in [3.63, 3.8) is 0 Å². The highest BCUT2D eigenvalue weighted by Crippen LogP contribution is 2.05. The lowest BCUT2D eigenvalue weighted by Gasteiger charge is -2.25. The van der Waals surface area contributed by atoms with Crippen LogP contribution in [0.25, 0.3) is 0 Å². The molecule has 1 N–H and O–H groups in total. The monoisotopic (exact) mass is 159 g/mol. The Morgan fingerprint density at radius 2 is 1.80 bits per heavy atom. The third-order valence-electron chi connectivity index (χ3n) is 2.00. The predicted molar refractivity (Wildman–Crippen MR) is 51.1 cm³/mol. The Hall–Kier alpha value is 0.177. The van der Waals surface area contributed by atoms with Gasteiger partial charge in [-0.1, -0.05) is 33.5 Å². The quantitative estimate of drug-likeness (QED) is 0.620. The van der Waals surface area contributed by atoms with Gasteiger partial charge in [-0.25, -0.2) is 0 Å². The molecule has 0 aromatic heterocycles. The van der Waals surface area contributed by atoms with Gasteiger partial charge in [-0.15, -0.1) is 0 Å². The van der Waals surface area contributed by atoms with Crippen LogP contribution in [0.2, 0.25) is 19.6 Å². The molecule has 0 saturated carbocycles. The molecule has 0 rings (SSSR count). The molecule has 0 spiro atoms. The van der Waals surface area contributed by atoms with Crippen LogP contribution in [0.4, 0.5) is 0 Å². The van der Waals surface area contributed by atoms with E-state index >= 15 is 0 Å². The van der Waals surface area contributed by atoms with Crippen molar-refractivity contribution in [1.82, 2.24) is 5.32 Å². The van der Waals surface area contributed by atoms with E-state index in [0.29, 0.717) is 0 Å². The van der Waals surface area contributed by atoms with Crippen LogP contribution in [0.5, 0.6) is 0 Å². The second kappa shape index (κ2) is 4.14. The van der Waals surface area contributed by atoms with Crippen molar-refractivity contribution in [2.75, 3.05) is 6.54 Å². The molecule has 0 aliphatic heterocycles. The molecule has 1 unspecified atom stereocenters. The summed E-state index contributed by atoms with van der Waals surface area (Å²) in [6.45, 7) is 12.9. The Bertz CT molecular complexity index is 85.7. The van der Waals surface area contributed by atoms with E-state index < -0.39 is 8.07 Å². The lowest BCUT2D eigenvalue weighted by Crippen LogP contribution is -2.46. The third kappa shape index (κ3) is 4.07. The van der Waals surface area contributed by atoms with E-state index in [1.165, 1.54) is 13.0 Å². The minimum absolute atomic E-state index is 0.757. The van der Waals surface area contributed by atoms with E-state index in [1.807, 2.05) is 0 Å². The molecule has 0 bridgehead atoms. The molecule has 0 aliphatic carbocycles. The van der Waals surface area contributed by atoms with Crippen LogP contribution in [0.15, 0.2) is 0 Å². The van der Waals surface area contributed by atoms with Gasteiger partial charge in [-0.2, -0.15) is 0 Å². The fourth-order valence-electron chi connectivity index (χ4n) is 0.667. The summed E-state index contributed by atoms with van der Waals surface area (Å²) in [6.07, 6.45) is 1.24. The zero-order chi connectivity index (χ0) is 8.20. The van der Waals surface area contributed by atoms with E-state index in [-0.39, 0.29) is 0 Å². The van der Waals surface area contributed by atoms with Crippen molar-refractivity contribution in [3.05, 3.63) is 0 Å². The maximum Gasteiger partial charge on any atom is 0.0631 e. The van der Waals surface area contributed by atoms with Crippen molar-refractivity contribution >= 4 is 8.07 Å². The Balaban J connectivity index is 3.52. The second-order valence-corrected chi connectivity index (χ2v) is 9.64. The Morgan fingerprint density at radius 3 is 2.10 bits per heavy atom. The number of rotatable bonds is 4. The van der Waals surface area contributed by atoms with E-state index in [4.69, 9.17) is 0 Å². The summed E-state index contributed by atoms with van der Waals surface area (Å²) in [7, 11) is -0.909. The van der Waals surface area contributed by atoms with Gasteiger partial charge in [0.1, 0.15) is 0 Å². The molecular formula is C8H21NSi. The first-order valence-corrected chi connectivity index (χ1v) is 7.79. The molecule has 0 aromatic carbocycles. The predicted octanol–water partition coefficient (Wildman–Crippen LogP) is 2.25. The van der Waals surface area contributed by atoms with Gasteiger partial charge in [0.25, 0.3) is 0 Å². The van der Waals surface area contributed by atoms with Gasteiger partial charge >= 0.3 is 0 Å². The molecule has 10 heavy (non-hydrogen) atoms. The van der Waals surface area contributed by atoms with E-state index in [0.717, 1.165) is 5.67 Å². The third-order valence-corrected chi connectivity index (χ3v) is 4.80. The lowest BCUT2D eigenvalue weighted by atomic mass is 10.5. The maximum absolute atomic E-state index is 3.53. The van der Waals surface area contributed by atoms with Gasteiger partial charge < -0.3 is 5.32 Å². The van der Waals surface area contributed by atoms with Crippen LogP contribution >= 0.6 is 0 Å². The first-order valence-electron chi connectivity index (χ1n) is 4.22. The smallest absolute Gasteiger partial charge is 0.0631 e. The second-order valence-electron chi connectivity index (χ2n) is 4.04. The number of hydrogen-bond donors (Lipinski definition) is 1. The summed E-state index contributed by atoms with van der Waals surface area (Å²) in [5, 5.41) is 3.53. The maximum atomic E-state index is 3.53. The molecule has 0 heterocycles. The zero-order valence-corrected chi connectivity index (χ0v) is 8.99. The fraction of sp³-hybridized carbons (Fsp3) is 1.00. The Morgan fingerprint density at radius 1 is 1.30 bits per heavy atom. The summed E-state index contributed by atoms with van der Waals surface area (Å²) in [5.74, 6) is 0. The summed E-state index contributed by atoms with van der Waals surface area (Å²) in [6, 6.07) is 0. The number of hydrogen-bond acceptors (Lipinski definition) is 1. The molecule has 0 aliphatic rings. The largest absolute Gasteiger partial charge is 0.317 e. The van der Waals surface area contributed by atoms with Crippen LogP contribution in [-0.4, -0.2) is 20.3 Å². The molecule has 0 saturated heterocycles. The highest BCUT2D eigenvalue weighted by molar-refractivity contribution is 6.77. The van der Waals surface area contributed by atoms with Crippen LogP contribution in [-0.2, 0) is 0 Å². The highest BCUT2D eigenvalue weighted by atomic mass is 28.3. The van der Waals surface area contributed by atoms with Crippen LogP contribution in [0, 0.1) is 0 Å². The van der Waals surface area contributed by atoms with Crippen molar-refractivity contribution < 1.29 is 0 Å². The normalized spacial score (nSPS) is 15.3. The average molecular weight is 159 g/mol. The lowest BCUT2D eigenvalue weighted by molar-refractivity contribution is 0.647. The first kappa shape index (κ1) is 10.2. The Labute approximate surface area is 66.2 Å². The molecule has 2 heteroatoms. The van der Waals surface area contributed by atoms with Crippen LogP contribution in [0.3, 0.4) is 0 Å². The fourth-order valence-corrected chi connectivity index (χ4v) is 1.42. The van der Waals surface area contributed by atoms with Gasteiger partial charge in [-0.3, -0.25) is 0 Å². The summed E-state index contributed by atoms with van der Waals surface area (Å²) >= 11 is 0. The summed E-state index contributed by atoms with van der Waals surface area (Å²) in [4.78, 5) is 0. The SMILES string of the molecule is CCCNC(C)[Si](C)(C)C. The van der Waals surface area contributed by atoms with Gasteiger partial charge in [0.15, 0.2) is 0 Å². The van der Waals surface area contributed by atoms with Crippen molar-refractivity contribution in [2.45, 2.75) is 45.6 Å². The minimum Gasteiger partial charge on any atom is -0.317 e. The topological polar surface area (TPSA) is 12.0 Å². The Kier molecular flexibility index (Phi) is 4.21. The standard InChI is InChI=1S/C8H21NSi/c1-6-7-9-8(2)10(3,4)5/h8-9H,6-7H2,1-5H3. The molecule has 0 fully saturated rings. The van der Waals surface area contributed by atoms with Gasteiger partial charge in [0, 0.05) is 0 Å². The highest BCUT2D eigenvalue weighted by Gasteiger charge is 2.20. The molecule has 1 nitrogen and oxygen atoms in total. The van der Waals surface area contributed by atoms with Crippen molar-refractivity contribution in [3.8, 4) is 0 Å². The molecule has 0 aromatic rings. The van der Waals surface area contributed by atoms with E-state index in [2.05, 4.69) is 38.8 Å². The van der Waals surface area contributed by atoms with Crippen LogP contribution in [0.1, 0.15) is 20.3 Å². The number of nitrogens with one attached hydrogen (secondary N) is 1. The minimum atomic E-state index is -0.909. The van der Waals surface area contributed by atoms with Gasteiger partial charge in [0.05, 0.1) is 8.07 Å². The van der Waals surface area contributed by atoms with Crippen molar-refractivity contribution in [1.29, 1.82) is 0 Å². The summed E-state index contributed by atoms with van der Waals surface area (Å²) in [5.41, 5.74) is 0.757. The molecule has 0 amide bonds. The van der Waals surface area contributed by atoms with Crippen LogP contribution < -0.4 is 5.32 Å². The van der Waals surface area contributed by atoms with Gasteiger partial charge in [-0.05, 0) is 18.6 Å². The first-order chi connectivity index (χ1) is 4.48. The summed E-state index contributed by atoms with van der Waals surface area (Å²) < 4.78 is 0. The van der Waals surface area contributed by atoms with E-state index in [9.17, 15) is 0 Å². The average Bonchev–Trinajstić information content (AvgIpc) is 1.80. The van der Waals surface area contributed by atoms with Crippen molar-refractivity contribution in [2.24, 2.45) is 0 Å². The molecule has 1 atom stereocenters. The molecule has 62 valence electrons. The zero-order valence-electron chi connectivity index (χ0n) is 7.99.